The van der Waals surface area contributed by atoms with Gasteiger partial charge in [-0.05, 0) is 27.7 Å². The topological polar surface area (TPSA) is 122 Å². The van der Waals surface area contributed by atoms with E-state index in [-0.39, 0.29) is 34.7 Å². The van der Waals surface area contributed by atoms with Gasteiger partial charge in [-0.25, -0.2) is 4.79 Å². The van der Waals surface area contributed by atoms with Crippen molar-refractivity contribution in [3.8, 4) is 0 Å². The van der Waals surface area contributed by atoms with Crippen LogP contribution in [0.4, 0.5) is 0 Å². The molecule has 2 amide bonds. The molecule has 0 radical (unpaired) electrons. The third-order valence-corrected chi connectivity index (χ3v) is 7.01. The maximum Gasteiger partial charge on any atom is 0.358 e. The number of esters is 2. The van der Waals surface area contributed by atoms with Gasteiger partial charge in [-0.15, -0.1) is 11.8 Å². The zero-order chi connectivity index (χ0) is 22.4. The third-order valence-electron chi connectivity index (χ3n) is 5.53. The van der Waals surface area contributed by atoms with Crippen LogP contribution < -0.4 is 5.32 Å². The molecule has 2 saturated heterocycles. The predicted octanol–water partition coefficient (Wildman–Crippen LogP) is 0.767. The van der Waals surface area contributed by atoms with Gasteiger partial charge in [-0.2, -0.15) is 0 Å². The highest BCUT2D eigenvalue weighted by Crippen LogP contribution is 2.51. The molecule has 0 aromatic rings. The first-order valence-corrected chi connectivity index (χ1v) is 10.8. The van der Waals surface area contributed by atoms with E-state index in [2.05, 4.69) is 5.32 Å². The van der Waals surface area contributed by atoms with E-state index in [1.807, 2.05) is 6.92 Å². The molecular weight excluding hydrogens is 412 g/mol. The fraction of sp³-hybridized carbons (Fsp3) is 0.700. The number of thioether (sulfide) groups is 1. The van der Waals surface area contributed by atoms with Crippen LogP contribution in [0.15, 0.2) is 10.6 Å². The predicted molar refractivity (Wildman–Crippen MR) is 108 cm³/mol. The highest BCUT2D eigenvalue weighted by Gasteiger charge is 2.60. The molecule has 3 aliphatic heterocycles. The number of carbonyl (C=O) groups is 4. The van der Waals surface area contributed by atoms with Crippen molar-refractivity contribution in [1.82, 2.24) is 10.2 Å². The second kappa shape index (κ2) is 8.22. The van der Waals surface area contributed by atoms with E-state index in [0.29, 0.717) is 17.9 Å². The quantitative estimate of drug-likeness (QED) is 0.353. The normalized spacial score (nSPS) is 29.3. The highest BCUT2D eigenvalue weighted by atomic mass is 32.2. The first-order valence-electron chi connectivity index (χ1n) is 9.96. The summed E-state index contributed by atoms with van der Waals surface area (Å²) in [7, 11) is 0. The minimum absolute atomic E-state index is 0.0572. The van der Waals surface area contributed by atoms with E-state index in [1.54, 1.807) is 27.7 Å². The minimum atomic E-state index is -0.842. The molecule has 9 nitrogen and oxygen atoms in total. The van der Waals surface area contributed by atoms with Gasteiger partial charge in [0.25, 0.3) is 0 Å². The van der Waals surface area contributed by atoms with Crippen LogP contribution in [-0.2, 0) is 28.7 Å². The first-order chi connectivity index (χ1) is 13.9. The zero-order valence-electron chi connectivity index (χ0n) is 17.8. The van der Waals surface area contributed by atoms with E-state index in [4.69, 9.17) is 9.47 Å². The number of nitrogens with zero attached hydrogens (tertiary/aromatic N) is 1. The molecule has 30 heavy (non-hydrogen) atoms. The summed E-state index contributed by atoms with van der Waals surface area (Å²) in [4.78, 5) is 51.0. The zero-order valence-corrected chi connectivity index (χ0v) is 18.6. The van der Waals surface area contributed by atoms with Gasteiger partial charge in [0.1, 0.15) is 5.70 Å². The number of ether oxygens (including phenoxy) is 2. The Kier molecular flexibility index (Phi) is 6.20. The van der Waals surface area contributed by atoms with Crippen molar-refractivity contribution in [3.63, 3.8) is 0 Å². The summed E-state index contributed by atoms with van der Waals surface area (Å²) in [6.07, 6.45) is -0.518. The van der Waals surface area contributed by atoms with Gasteiger partial charge in [-0.1, -0.05) is 6.92 Å². The first kappa shape index (κ1) is 22.6. The maximum absolute atomic E-state index is 12.9. The number of fused-ring (bicyclic) bond motifs is 1. The van der Waals surface area contributed by atoms with Gasteiger partial charge in [0.15, 0.2) is 0 Å². The van der Waals surface area contributed by atoms with Gasteiger partial charge in [-0.3, -0.25) is 14.4 Å². The van der Waals surface area contributed by atoms with Crippen LogP contribution >= 0.6 is 11.8 Å². The van der Waals surface area contributed by atoms with Gasteiger partial charge in [0, 0.05) is 29.0 Å². The van der Waals surface area contributed by atoms with E-state index >= 15 is 0 Å². The van der Waals surface area contributed by atoms with Gasteiger partial charge >= 0.3 is 11.9 Å². The molecule has 0 saturated carbocycles. The summed E-state index contributed by atoms with van der Waals surface area (Å²) in [6, 6.07) is -0.343. The van der Waals surface area contributed by atoms with Gasteiger partial charge in [0.2, 0.25) is 18.6 Å². The molecule has 166 valence electrons. The Hall–Kier alpha value is -2.07. The van der Waals surface area contributed by atoms with Crippen LogP contribution in [0.3, 0.4) is 0 Å². The molecule has 3 rings (SSSR count). The molecule has 0 aromatic heterocycles. The fourth-order valence-corrected chi connectivity index (χ4v) is 5.34. The Morgan fingerprint density at radius 3 is 2.50 bits per heavy atom. The Balaban J connectivity index is 1.78. The number of carbonyl (C=O) groups excluding carboxylic acids is 4. The lowest BCUT2D eigenvalue weighted by atomic mass is 9.79. The van der Waals surface area contributed by atoms with Crippen LogP contribution in [0.25, 0.3) is 0 Å². The lowest BCUT2D eigenvalue weighted by molar-refractivity contribution is -0.175. The van der Waals surface area contributed by atoms with Crippen molar-refractivity contribution >= 4 is 35.5 Å². The minimum Gasteiger partial charge on any atom is -0.427 e. The Labute approximate surface area is 179 Å². The number of rotatable bonds is 6. The SMILES string of the molecule is C[C@@H](O)[C@H]1C(=O)N2C(C(=O)OCOC(=O)C(C)(C)C)=C(S[C@H]3CNC(=O)C3)[C@H](C)[C@@H]12. The lowest BCUT2D eigenvalue weighted by Crippen LogP contribution is -2.63. The van der Waals surface area contributed by atoms with Crippen molar-refractivity contribution in [2.45, 2.75) is 58.4 Å². The number of hydrogen-bond acceptors (Lipinski definition) is 8. The second-order valence-corrected chi connectivity index (χ2v) is 10.3. The van der Waals surface area contributed by atoms with E-state index in [0.717, 1.165) is 0 Å². The standard InChI is InChI=1S/C20H28N2O7S/c1-9-14-13(10(2)23)17(25)22(14)15(16(9)30-11-6-12(24)21-7-11)18(26)28-8-29-19(27)20(3,4)5/h9-11,13-14,23H,6-8H2,1-5H3,(H,21,24)/t9-,10-,11-,13-,14+/m1/s1. The number of hydrogen-bond donors (Lipinski definition) is 2. The number of amides is 2. The third kappa shape index (κ3) is 4.07. The van der Waals surface area contributed by atoms with E-state index in [9.17, 15) is 24.3 Å². The molecule has 2 N–H and O–H groups in total. The van der Waals surface area contributed by atoms with Crippen LogP contribution in [0.2, 0.25) is 0 Å². The molecule has 2 fully saturated rings. The highest BCUT2D eigenvalue weighted by molar-refractivity contribution is 8.03. The summed E-state index contributed by atoms with van der Waals surface area (Å²) < 4.78 is 10.2. The van der Waals surface area contributed by atoms with Crippen molar-refractivity contribution < 1.29 is 33.8 Å². The van der Waals surface area contributed by atoms with Crippen molar-refractivity contribution in [3.05, 3.63) is 10.6 Å². The molecule has 0 aliphatic carbocycles. The lowest BCUT2D eigenvalue weighted by Gasteiger charge is -2.46. The molecule has 3 heterocycles. The second-order valence-electron chi connectivity index (χ2n) is 8.95. The summed E-state index contributed by atoms with van der Waals surface area (Å²) in [5, 5.41) is 12.7. The molecule has 0 bridgehead atoms. The van der Waals surface area contributed by atoms with Crippen molar-refractivity contribution in [1.29, 1.82) is 0 Å². The largest absolute Gasteiger partial charge is 0.427 e. The molecule has 5 atom stereocenters. The van der Waals surface area contributed by atoms with Gasteiger partial charge in [0.05, 0.1) is 23.5 Å². The van der Waals surface area contributed by atoms with Crippen LogP contribution in [0, 0.1) is 17.3 Å². The summed E-state index contributed by atoms with van der Waals surface area (Å²) in [5.41, 5.74) is -0.620. The summed E-state index contributed by atoms with van der Waals surface area (Å²) >= 11 is 1.38. The fourth-order valence-electron chi connectivity index (χ4n) is 3.93. The molecule has 3 aliphatic rings. The van der Waals surface area contributed by atoms with E-state index in [1.165, 1.54) is 16.7 Å². The maximum atomic E-state index is 12.9. The number of aliphatic hydroxyl groups excluding tert-OH is 1. The number of aliphatic hydroxyl groups is 1. The Morgan fingerprint density at radius 2 is 1.97 bits per heavy atom. The van der Waals surface area contributed by atoms with Crippen LogP contribution in [-0.4, -0.2) is 64.5 Å². The number of nitrogens with one attached hydrogen (secondary N) is 1. The number of β-lactam (4-membered cyclic amide) rings is 1. The average molecular weight is 441 g/mol. The Bertz CT molecular complexity index is 801. The van der Waals surface area contributed by atoms with Crippen molar-refractivity contribution in [2.75, 3.05) is 13.3 Å². The van der Waals surface area contributed by atoms with E-state index < -0.39 is 36.2 Å². The van der Waals surface area contributed by atoms with Crippen LogP contribution in [0.5, 0.6) is 0 Å². The van der Waals surface area contributed by atoms with Gasteiger partial charge < -0.3 is 24.8 Å². The van der Waals surface area contributed by atoms with Crippen molar-refractivity contribution in [2.24, 2.45) is 17.3 Å². The molecule has 0 unspecified atom stereocenters. The molecular formula is C20H28N2O7S. The summed E-state index contributed by atoms with van der Waals surface area (Å²) in [5.74, 6) is -2.45. The summed E-state index contributed by atoms with van der Waals surface area (Å²) in [6.45, 7) is 8.42. The molecule has 0 spiro atoms. The Morgan fingerprint density at radius 1 is 1.30 bits per heavy atom. The molecule has 10 heteroatoms. The monoisotopic (exact) mass is 440 g/mol. The molecule has 0 aromatic carbocycles. The smallest absolute Gasteiger partial charge is 0.358 e. The average Bonchev–Trinajstić information content (AvgIpc) is 3.14. The van der Waals surface area contributed by atoms with Crippen LogP contribution in [0.1, 0.15) is 41.0 Å².